The minimum absolute atomic E-state index is 0.0245. The zero-order valence-corrected chi connectivity index (χ0v) is 50.7. The number of hydrogen-bond donors (Lipinski definition) is 2. The van der Waals surface area contributed by atoms with Gasteiger partial charge in [0.2, 0.25) is 11.8 Å². The quantitative estimate of drug-likeness (QED) is 0.0259. The van der Waals surface area contributed by atoms with Crippen LogP contribution < -0.4 is 11.5 Å². The first-order valence-corrected chi connectivity index (χ1v) is 30.2. The number of esters is 3. The van der Waals surface area contributed by atoms with Crippen LogP contribution in [0.15, 0.2) is 37.0 Å². The number of primary amides is 2. The number of ether oxygens (including phenoxy) is 3. The molecule has 0 aromatic heterocycles. The number of carbonyl (C=O) groups is 6. The summed E-state index contributed by atoms with van der Waals surface area (Å²) in [5.74, 6) is -2.13. The molecule has 0 rings (SSSR count). The smallest absolute Gasteiger partial charge is 0.333 e. The summed E-state index contributed by atoms with van der Waals surface area (Å²) in [4.78, 5) is 68.3. The highest BCUT2D eigenvalue weighted by atomic mass is 16.5. The largest absolute Gasteiger partial charge is 0.465 e. The second kappa shape index (κ2) is 55.0. The van der Waals surface area contributed by atoms with E-state index in [9.17, 15) is 28.8 Å². The van der Waals surface area contributed by atoms with Crippen molar-refractivity contribution in [2.24, 2.45) is 28.2 Å². The Kier molecular flexibility index (Phi) is 57.0. The third kappa shape index (κ3) is 54.8. The van der Waals surface area contributed by atoms with Gasteiger partial charge in [0.05, 0.1) is 25.2 Å². The molecule has 4 N–H and O–H groups in total. The lowest BCUT2D eigenvalue weighted by Gasteiger charge is -2.36. The number of ketones is 1. The minimum Gasteiger partial charge on any atom is -0.465 e. The fourth-order valence-corrected chi connectivity index (χ4v) is 8.56. The number of rotatable bonds is 47. The van der Waals surface area contributed by atoms with E-state index in [0.717, 1.165) is 31.8 Å². The molecule has 0 aromatic carbocycles. The summed E-state index contributed by atoms with van der Waals surface area (Å²) >= 11 is 0. The predicted octanol–water partition coefficient (Wildman–Crippen LogP) is 17.2. The van der Waals surface area contributed by atoms with Gasteiger partial charge in [-0.2, -0.15) is 0 Å². The van der Waals surface area contributed by atoms with Crippen LogP contribution in [0.3, 0.4) is 0 Å². The van der Waals surface area contributed by atoms with Crippen LogP contribution in [0, 0.1) is 16.7 Å². The SMILES string of the molecule is C=C(C)C(=O)OCCC.C=C(C)C(=O)OCCCCCCCCCCCCCCCCCC.C=CC(N)=O.CCCCCCCCCCCCCCCCCCOC(=O)C(C)(CC(CC)C(N)=O)CC(C)(C)C(C)=O. The van der Waals surface area contributed by atoms with Crippen molar-refractivity contribution in [1.29, 1.82) is 0 Å². The molecule has 440 valence electrons. The molecule has 0 saturated carbocycles. The van der Waals surface area contributed by atoms with E-state index in [1.807, 2.05) is 34.6 Å². The monoisotopic (exact) mass is 1060 g/mol. The fraction of sp³-hybridized carbons (Fsp3) is 0.812. The Labute approximate surface area is 462 Å². The molecular formula is C64H120N2O9. The molecule has 0 heterocycles. The number of hydrogen-bond acceptors (Lipinski definition) is 9. The zero-order valence-electron chi connectivity index (χ0n) is 50.7. The standard InChI is InChI=1S/C32H61NO4.C22H42O2.C7H12O2.C3H5NO/c1-7-9-10-11-12-13-14-15-16-17-18-19-20-21-22-23-24-37-30(36)32(6,25-28(8-2)29(33)35)26-31(4,5)27(3)34;1-4-5-6-7-8-9-10-11-12-13-14-15-16-17-18-19-20-24-22(23)21(2)3;1-4-5-9-7(8)6(2)3;1-2-3(4)5/h28H,7-26H2,1-6H3,(H2,33,35);2,4-20H2,1,3H3;2,4-5H2,1,3H3;2H,1H2,(H2,4,5). The molecular weight excluding hydrogens is 941 g/mol. The molecule has 0 aromatic rings. The molecule has 2 amide bonds. The second-order valence-corrected chi connectivity index (χ2v) is 22.1. The van der Waals surface area contributed by atoms with Gasteiger partial charge < -0.3 is 25.7 Å². The van der Waals surface area contributed by atoms with E-state index in [1.165, 1.54) is 186 Å². The van der Waals surface area contributed by atoms with Crippen LogP contribution in [0.2, 0.25) is 0 Å². The predicted molar refractivity (Wildman–Crippen MR) is 316 cm³/mol. The topological polar surface area (TPSA) is 182 Å². The maximum Gasteiger partial charge on any atom is 0.333 e. The molecule has 0 aliphatic heterocycles. The van der Waals surface area contributed by atoms with Crippen LogP contribution in [-0.4, -0.2) is 55.3 Å². The highest BCUT2D eigenvalue weighted by molar-refractivity contribution is 5.87. The lowest BCUT2D eigenvalue weighted by Crippen LogP contribution is -2.41. The normalized spacial score (nSPS) is 11.9. The Balaban J connectivity index is -0.000000560. The number of unbranched alkanes of at least 4 members (excludes halogenated alkanes) is 30. The lowest BCUT2D eigenvalue weighted by atomic mass is 9.68. The first-order valence-electron chi connectivity index (χ1n) is 30.2. The molecule has 0 radical (unpaired) electrons. The third-order valence-electron chi connectivity index (χ3n) is 13.7. The average molecular weight is 1060 g/mol. The molecule has 0 saturated heterocycles. The van der Waals surface area contributed by atoms with E-state index in [-0.39, 0.29) is 23.7 Å². The molecule has 11 heteroatoms. The summed E-state index contributed by atoms with van der Waals surface area (Å²) in [6, 6.07) is 0. The van der Waals surface area contributed by atoms with Gasteiger partial charge in [0.25, 0.3) is 0 Å². The van der Waals surface area contributed by atoms with Gasteiger partial charge in [-0.15, -0.1) is 0 Å². The zero-order chi connectivity index (χ0) is 57.6. The molecule has 0 aliphatic rings. The summed E-state index contributed by atoms with van der Waals surface area (Å²) < 4.78 is 15.5. The summed E-state index contributed by atoms with van der Waals surface area (Å²) in [7, 11) is 0. The third-order valence-corrected chi connectivity index (χ3v) is 13.7. The van der Waals surface area contributed by atoms with Crippen molar-refractivity contribution < 1.29 is 43.0 Å². The van der Waals surface area contributed by atoms with Gasteiger partial charge in [-0.3, -0.25) is 19.2 Å². The van der Waals surface area contributed by atoms with Crippen molar-refractivity contribution in [3.63, 3.8) is 0 Å². The number of carbonyl (C=O) groups excluding carboxylic acids is 6. The Morgan fingerprint density at radius 1 is 0.453 bits per heavy atom. The Morgan fingerprint density at radius 2 is 0.733 bits per heavy atom. The van der Waals surface area contributed by atoms with E-state index < -0.39 is 28.6 Å². The maximum atomic E-state index is 13.1. The van der Waals surface area contributed by atoms with Gasteiger partial charge in [-0.05, 0) is 72.3 Å². The number of amides is 2. The Morgan fingerprint density at radius 3 is 0.973 bits per heavy atom. The summed E-state index contributed by atoms with van der Waals surface area (Å²) in [5, 5.41) is 0. The van der Waals surface area contributed by atoms with Crippen LogP contribution in [-0.2, 0) is 43.0 Å². The Bertz CT molecular complexity index is 1470. The van der Waals surface area contributed by atoms with Gasteiger partial charge >= 0.3 is 17.9 Å². The maximum absolute atomic E-state index is 13.1. The van der Waals surface area contributed by atoms with Crippen molar-refractivity contribution in [3.8, 4) is 0 Å². The molecule has 2 atom stereocenters. The van der Waals surface area contributed by atoms with E-state index in [1.54, 1.807) is 20.8 Å². The van der Waals surface area contributed by atoms with E-state index in [4.69, 9.17) is 19.9 Å². The van der Waals surface area contributed by atoms with Crippen molar-refractivity contribution >= 4 is 35.5 Å². The first kappa shape index (κ1) is 77.7. The van der Waals surface area contributed by atoms with Crippen LogP contribution in [0.1, 0.15) is 300 Å². The molecule has 75 heavy (non-hydrogen) atoms. The molecule has 0 spiro atoms. The van der Waals surface area contributed by atoms with Gasteiger partial charge in [0.1, 0.15) is 5.78 Å². The highest BCUT2D eigenvalue weighted by Gasteiger charge is 2.44. The second-order valence-electron chi connectivity index (χ2n) is 22.1. The van der Waals surface area contributed by atoms with Crippen molar-refractivity contribution in [2.45, 2.75) is 300 Å². The van der Waals surface area contributed by atoms with Crippen LogP contribution in [0.25, 0.3) is 0 Å². The van der Waals surface area contributed by atoms with Crippen LogP contribution >= 0.6 is 0 Å². The molecule has 0 fully saturated rings. The van der Waals surface area contributed by atoms with Crippen molar-refractivity contribution in [3.05, 3.63) is 37.0 Å². The van der Waals surface area contributed by atoms with Crippen LogP contribution in [0.4, 0.5) is 0 Å². The molecule has 11 nitrogen and oxygen atoms in total. The lowest BCUT2D eigenvalue weighted by molar-refractivity contribution is -0.159. The molecule has 2 unspecified atom stereocenters. The van der Waals surface area contributed by atoms with Gasteiger partial charge in [0, 0.05) is 22.5 Å². The van der Waals surface area contributed by atoms with Gasteiger partial charge in [-0.1, -0.05) is 254 Å². The number of Topliss-reactive ketones (excluding diaryl/α,β-unsaturated/α-hetero) is 1. The van der Waals surface area contributed by atoms with E-state index >= 15 is 0 Å². The van der Waals surface area contributed by atoms with Gasteiger partial charge in [0.15, 0.2) is 0 Å². The summed E-state index contributed by atoms with van der Waals surface area (Å²) in [6.07, 6.45) is 45.7. The average Bonchev–Trinajstić information content (AvgIpc) is 3.36. The molecule has 0 bridgehead atoms. The minimum atomic E-state index is -0.917. The summed E-state index contributed by atoms with van der Waals surface area (Å²) in [6.45, 7) is 30.3. The van der Waals surface area contributed by atoms with Crippen molar-refractivity contribution in [2.75, 3.05) is 19.8 Å². The summed E-state index contributed by atoms with van der Waals surface area (Å²) in [5.41, 5.74) is 9.47. The van der Waals surface area contributed by atoms with Crippen LogP contribution in [0.5, 0.6) is 0 Å². The van der Waals surface area contributed by atoms with Gasteiger partial charge in [-0.25, -0.2) is 9.59 Å². The highest BCUT2D eigenvalue weighted by Crippen LogP contribution is 2.41. The Hall–Kier alpha value is -3.76. The van der Waals surface area contributed by atoms with E-state index in [2.05, 4.69) is 39.3 Å². The number of nitrogens with two attached hydrogens (primary N) is 2. The first-order chi connectivity index (χ1) is 35.6. The fourth-order valence-electron chi connectivity index (χ4n) is 8.56. The van der Waals surface area contributed by atoms with Crippen molar-refractivity contribution in [1.82, 2.24) is 0 Å². The van der Waals surface area contributed by atoms with E-state index in [0.29, 0.717) is 50.2 Å². The molecule has 0 aliphatic carbocycles.